The van der Waals surface area contributed by atoms with E-state index in [-0.39, 0.29) is 17.1 Å². The Morgan fingerprint density at radius 2 is 0.667 bits per heavy atom. The second-order valence-corrected chi connectivity index (χ2v) is 12.2. The van der Waals surface area contributed by atoms with E-state index in [1.807, 2.05) is 66.7 Å². The monoisotopic (exact) mass is 699 g/mol. The first kappa shape index (κ1) is 31.8. The summed E-state index contributed by atoms with van der Waals surface area (Å²) in [7, 11) is 0. The van der Waals surface area contributed by atoms with Crippen molar-refractivity contribution in [1.82, 2.24) is 19.9 Å². The van der Waals surface area contributed by atoms with E-state index in [1.54, 1.807) is 0 Å². The third-order valence-corrected chi connectivity index (χ3v) is 9.14. The smallest absolute Gasteiger partial charge is 0.657 e. The van der Waals surface area contributed by atoms with Crippen molar-refractivity contribution in [2.24, 2.45) is 0 Å². The first-order chi connectivity index (χ1) is 24.7. The second kappa shape index (κ2) is 13.5. The molecule has 0 saturated carbocycles. The van der Waals surface area contributed by atoms with Gasteiger partial charge in [0, 0.05) is 5.56 Å². The Balaban J connectivity index is 0.00000374. The van der Waals surface area contributed by atoms with Gasteiger partial charge in [0.05, 0.1) is 22.8 Å². The first-order valence-electron chi connectivity index (χ1n) is 16.5. The summed E-state index contributed by atoms with van der Waals surface area (Å²) in [4.78, 5) is 21.2. The topological polar surface area (TPSA) is 54.0 Å². The molecule has 2 aliphatic heterocycles. The average Bonchev–Trinajstić information content (AvgIpc) is 4.01. The number of fused-ring (bicyclic) bond motifs is 8. The molecule has 5 heteroatoms. The van der Waals surface area contributed by atoms with E-state index in [2.05, 4.69) is 103 Å². The van der Waals surface area contributed by atoms with Crippen molar-refractivity contribution in [3.8, 4) is 56.9 Å². The van der Waals surface area contributed by atoms with Crippen LogP contribution in [0.3, 0.4) is 0 Å². The Hall–Kier alpha value is -6.44. The summed E-state index contributed by atoms with van der Waals surface area (Å²) in [5.41, 5.74) is 15.4. The van der Waals surface area contributed by atoms with Gasteiger partial charge in [0.1, 0.15) is 0 Å². The summed E-state index contributed by atoms with van der Waals surface area (Å²) in [6, 6.07) is 47.4. The molecular formula is C46H28CuN4. The predicted molar refractivity (Wildman–Crippen MR) is 206 cm³/mol. The molecule has 0 amide bonds. The summed E-state index contributed by atoms with van der Waals surface area (Å²) < 4.78 is 0. The van der Waals surface area contributed by atoms with E-state index in [1.165, 1.54) is 0 Å². The number of benzene rings is 4. The molecule has 5 heterocycles. The Bertz CT molecular complexity index is 2640. The Kier molecular flexibility index (Phi) is 8.39. The zero-order valence-corrected chi connectivity index (χ0v) is 28.2. The Morgan fingerprint density at radius 3 is 0.961 bits per heavy atom. The maximum atomic E-state index is 5.73. The number of terminal acetylenes is 1. The van der Waals surface area contributed by atoms with E-state index < -0.39 is 0 Å². The summed E-state index contributed by atoms with van der Waals surface area (Å²) in [6.45, 7) is 0. The van der Waals surface area contributed by atoms with Crippen LogP contribution in [0.2, 0.25) is 0 Å². The zero-order chi connectivity index (χ0) is 33.4. The van der Waals surface area contributed by atoms with Crippen LogP contribution >= 0.6 is 0 Å². The molecule has 2 aliphatic rings. The molecule has 7 aromatic rings. The van der Waals surface area contributed by atoms with Crippen molar-refractivity contribution in [1.29, 1.82) is 0 Å². The van der Waals surface area contributed by atoms with Gasteiger partial charge in [-0.3, -0.25) is 0 Å². The third-order valence-electron chi connectivity index (χ3n) is 9.14. The van der Waals surface area contributed by atoms with Gasteiger partial charge in [-0.2, -0.15) is 0 Å². The molecule has 0 spiro atoms. The molecule has 0 N–H and O–H groups in total. The molecule has 8 bridgehead atoms. The van der Waals surface area contributed by atoms with Crippen LogP contribution in [0.15, 0.2) is 140 Å². The quantitative estimate of drug-likeness (QED) is 0.136. The summed E-state index contributed by atoms with van der Waals surface area (Å²) >= 11 is 0. The molecule has 0 aliphatic carbocycles. The summed E-state index contributed by atoms with van der Waals surface area (Å²) in [5, 5.41) is 0. The van der Waals surface area contributed by atoms with Crippen LogP contribution in [-0.4, -0.2) is 9.97 Å². The van der Waals surface area contributed by atoms with Crippen LogP contribution in [0.5, 0.6) is 0 Å². The minimum Gasteiger partial charge on any atom is -0.657 e. The minimum atomic E-state index is 0. The van der Waals surface area contributed by atoms with Crippen LogP contribution in [0.25, 0.3) is 90.9 Å². The molecule has 243 valence electrons. The van der Waals surface area contributed by atoms with Gasteiger partial charge in [0.2, 0.25) is 0 Å². The number of hydrogen-bond acceptors (Lipinski definition) is 2. The van der Waals surface area contributed by atoms with Gasteiger partial charge in [-0.25, -0.2) is 9.97 Å². The molecule has 0 fully saturated rings. The van der Waals surface area contributed by atoms with E-state index >= 15 is 0 Å². The van der Waals surface area contributed by atoms with Gasteiger partial charge in [-0.15, -0.1) is 28.5 Å². The largest absolute Gasteiger partial charge is 2.00 e. The Morgan fingerprint density at radius 1 is 0.373 bits per heavy atom. The fourth-order valence-corrected chi connectivity index (χ4v) is 6.82. The van der Waals surface area contributed by atoms with E-state index in [9.17, 15) is 0 Å². The number of nitrogens with zero attached hydrogens (tertiary/aromatic N) is 4. The summed E-state index contributed by atoms with van der Waals surface area (Å²) in [6.07, 6.45) is 14.1. The molecule has 0 saturated heterocycles. The van der Waals surface area contributed by atoms with E-state index in [0.29, 0.717) is 0 Å². The number of aromatic nitrogens is 4. The van der Waals surface area contributed by atoms with Crippen molar-refractivity contribution < 1.29 is 17.1 Å². The van der Waals surface area contributed by atoms with E-state index in [0.717, 1.165) is 94.9 Å². The van der Waals surface area contributed by atoms with Crippen LogP contribution < -0.4 is 9.97 Å². The third kappa shape index (κ3) is 5.83. The molecule has 51 heavy (non-hydrogen) atoms. The molecule has 0 atom stereocenters. The molecular weight excluding hydrogens is 672 g/mol. The van der Waals surface area contributed by atoms with Crippen molar-refractivity contribution in [2.75, 3.05) is 0 Å². The number of rotatable bonds is 4. The minimum absolute atomic E-state index is 0. The fraction of sp³-hybridized carbons (Fsp3) is 0. The fourth-order valence-electron chi connectivity index (χ4n) is 6.82. The SMILES string of the molecule is C#Cc1ccc(-c2c3nc(c(-c4ccccc4)c4ccc([n-]4)c(-c4ccccc4)c4nc(c(-c5ccccc5)c5ccc2[n-]5)C=C4)C=C3)cc1.[Cu+2]. The summed E-state index contributed by atoms with van der Waals surface area (Å²) in [5.74, 6) is 2.74. The van der Waals surface area contributed by atoms with Crippen molar-refractivity contribution in [3.63, 3.8) is 0 Å². The van der Waals surface area contributed by atoms with Gasteiger partial charge in [0.25, 0.3) is 0 Å². The van der Waals surface area contributed by atoms with Gasteiger partial charge in [-0.05, 0) is 80.9 Å². The normalized spacial score (nSPS) is 11.6. The van der Waals surface area contributed by atoms with Gasteiger partial charge in [-0.1, -0.05) is 133 Å². The first-order valence-corrected chi connectivity index (χ1v) is 16.5. The predicted octanol–water partition coefficient (Wildman–Crippen LogP) is 10.6. The second-order valence-electron chi connectivity index (χ2n) is 12.2. The molecule has 3 aromatic heterocycles. The number of hydrogen-bond donors (Lipinski definition) is 0. The van der Waals surface area contributed by atoms with Crippen LogP contribution in [0.4, 0.5) is 0 Å². The van der Waals surface area contributed by atoms with Crippen molar-refractivity contribution in [2.45, 2.75) is 0 Å². The standard InChI is InChI=1S/C46H28N4.Cu/c1-2-30-18-20-34(21-19-30)46-41-28-26-39(49-41)44(32-14-8-4-9-15-32)37-24-22-35(47-37)43(31-12-6-3-7-13-31)36-23-25-38(48-36)45(33-16-10-5-11-17-33)40-27-29-42(46)50-40;/h1,3-29H;/q-2;+2. The zero-order valence-electron chi connectivity index (χ0n) is 27.3. The van der Waals surface area contributed by atoms with Gasteiger partial charge in [0.15, 0.2) is 0 Å². The van der Waals surface area contributed by atoms with Crippen LogP contribution in [-0.2, 0) is 17.1 Å². The maximum absolute atomic E-state index is 5.73. The molecule has 9 rings (SSSR count). The van der Waals surface area contributed by atoms with Crippen LogP contribution in [0.1, 0.15) is 28.3 Å². The molecule has 4 nitrogen and oxygen atoms in total. The maximum Gasteiger partial charge on any atom is 2.00 e. The van der Waals surface area contributed by atoms with Crippen LogP contribution in [0, 0.1) is 12.3 Å². The van der Waals surface area contributed by atoms with Gasteiger partial charge < -0.3 is 9.97 Å². The van der Waals surface area contributed by atoms with Crippen molar-refractivity contribution in [3.05, 3.63) is 168 Å². The Labute approximate surface area is 306 Å². The molecule has 4 aromatic carbocycles. The molecule has 1 radical (unpaired) electrons. The van der Waals surface area contributed by atoms with Gasteiger partial charge >= 0.3 is 17.1 Å². The average molecular weight is 700 g/mol. The van der Waals surface area contributed by atoms with Crippen molar-refractivity contribution >= 4 is 46.4 Å². The van der Waals surface area contributed by atoms with E-state index in [4.69, 9.17) is 26.4 Å². The molecule has 0 unspecified atom stereocenters.